The van der Waals surface area contributed by atoms with Crippen molar-refractivity contribution >= 4 is 23.5 Å². The average Bonchev–Trinajstić information content (AvgIpc) is 2.24. The van der Waals surface area contributed by atoms with E-state index < -0.39 is 18.8 Å². The predicted molar refractivity (Wildman–Crippen MR) is 67.5 cm³/mol. The van der Waals surface area contributed by atoms with E-state index in [1.54, 1.807) is 13.8 Å². The Kier molecular flexibility index (Phi) is 5.16. The normalized spacial score (nSPS) is 11.8. The summed E-state index contributed by atoms with van der Waals surface area (Å²) in [6.45, 7) is 4.44. The van der Waals surface area contributed by atoms with Gasteiger partial charge in [-0.05, 0) is 32.4 Å². The largest absolute Gasteiger partial charge is 0.406 e. The molecule has 9 heteroatoms. The first-order chi connectivity index (χ1) is 8.73. The molecule has 1 rings (SSSR count). The summed E-state index contributed by atoms with van der Waals surface area (Å²) in [5.74, 6) is 0.0635. The van der Waals surface area contributed by atoms with Crippen molar-refractivity contribution in [2.45, 2.75) is 33.0 Å². The molecule has 0 amide bonds. The van der Waals surface area contributed by atoms with Crippen molar-refractivity contribution in [2.24, 2.45) is 0 Å². The van der Waals surface area contributed by atoms with Crippen molar-refractivity contribution in [1.82, 2.24) is 15.0 Å². The topological polar surface area (TPSA) is 53.9 Å². The van der Waals surface area contributed by atoms with E-state index in [1.807, 2.05) is 6.92 Å². The van der Waals surface area contributed by atoms with E-state index in [0.29, 0.717) is 6.54 Å². The fourth-order valence-corrected chi connectivity index (χ4v) is 1.54. The lowest BCUT2D eigenvalue weighted by Crippen LogP contribution is -2.40. The van der Waals surface area contributed by atoms with Gasteiger partial charge in [0.05, 0.1) is 0 Å². The Bertz CT molecular complexity index is 424. The first-order valence-corrected chi connectivity index (χ1v) is 6.09. The molecule has 1 aromatic rings. The monoisotopic (exact) mass is 297 g/mol. The van der Waals surface area contributed by atoms with Crippen LogP contribution in [-0.2, 0) is 0 Å². The van der Waals surface area contributed by atoms with Crippen LogP contribution in [-0.4, -0.2) is 40.3 Å². The Morgan fingerprint density at radius 2 is 1.89 bits per heavy atom. The molecule has 0 fully saturated rings. The smallest absolute Gasteiger partial charge is 0.354 e. The van der Waals surface area contributed by atoms with Crippen LogP contribution in [0.15, 0.2) is 0 Å². The maximum atomic E-state index is 12.5. The first-order valence-electron chi connectivity index (χ1n) is 5.71. The Labute approximate surface area is 114 Å². The van der Waals surface area contributed by atoms with Crippen LogP contribution in [0.5, 0.6) is 0 Å². The second-order valence-corrected chi connectivity index (χ2v) is 4.43. The van der Waals surface area contributed by atoms with Gasteiger partial charge in [0.25, 0.3) is 0 Å². The summed E-state index contributed by atoms with van der Waals surface area (Å²) in [6, 6.07) is -0.422. The molecule has 0 saturated carbocycles. The highest BCUT2D eigenvalue weighted by Gasteiger charge is 2.33. The van der Waals surface area contributed by atoms with Crippen LogP contribution in [0.2, 0.25) is 5.28 Å². The fourth-order valence-electron chi connectivity index (χ4n) is 1.38. The second kappa shape index (κ2) is 6.23. The molecule has 1 aromatic heterocycles. The minimum Gasteiger partial charge on any atom is -0.354 e. The summed E-state index contributed by atoms with van der Waals surface area (Å²) in [4.78, 5) is 12.5. The van der Waals surface area contributed by atoms with Gasteiger partial charge in [0.1, 0.15) is 6.54 Å². The first kappa shape index (κ1) is 15.7. The van der Waals surface area contributed by atoms with Gasteiger partial charge in [-0.3, -0.25) is 0 Å². The molecule has 0 atom stereocenters. The van der Waals surface area contributed by atoms with Crippen molar-refractivity contribution in [1.29, 1.82) is 0 Å². The third-order valence-electron chi connectivity index (χ3n) is 2.16. The molecule has 0 unspecified atom stereocenters. The zero-order valence-electron chi connectivity index (χ0n) is 10.8. The highest BCUT2D eigenvalue weighted by atomic mass is 35.5. The fraction of sp³-hybridized carbons (Fsp3) is 0.700. The number of nitrogens with one attached hydrogen (secondary N) is 1. The molecule has 0 bridgehead atoms. The third-order valence-corrected chi connectivity index (χ3v) is 2.33. The molecule has 0 aliphatic carbocycles. The van der Waals surface area contributed by atoms with Gasteiger partial charge >= 0.3 is 6.18 Å². The Balaban J connectivity index is 3.08. The van der Waals surface area contributed by atoms with Crippen molar-refractivity contribution < 1.29 is 13.2 Å². The van der Waals surface area contributed by atoms with Gasteiger partial charge in [0.15, 0.2) is 0 Å². The summed E-state index contributed by atoms with van der Waals surface area (Å²) < 4.78 is 37.6. The summed E-state index contributed by atoms with van der Waals surface area (Å²) in [6.07, 6.45) is -4.35. The summed E-state index contributed by atoms with van der Waals surface area (Å²) in [7, 11) is 0. The standard InChI is InChI=1S/C10H15ClF3N5/c1-4-15-8-16-7(11)17-9(18-8)19(6(2)3)5-10(12,13)14/h6H,4-5H2,1-3H3,(H,15,16,17,18). The van der Waals surface area contributed by atoms with E-state index in [2.05, 4.69) is 20.3 Å². The van der Waals surface area contributed by atoms with Crippen LogP contribution in [0.1, 0.15) is 20.8 Å². The number of anilines is 2. The van der Waals surface area contributed by atoms with E-state index in [4.69, 9.17) is 11.6 Å². The lowest BCUT2D eigenvalue weighted by molar-refractivity contribution is -0.120. The minimum atomic E-state index is -4.35. The number of hydrogen-bond donors (Lipinski definition) is 1. The molecule has 19 heavy (non-hydrogen) atoms. The highest BCUT2D eigenvalue weighted by Crippen LogP contribution is 2.23. The molecule has 5 nitrogen and oxygen atoms in total. The number of alkyl halides is 3. The second-order valence-electron chi connectivity index (χ2n) is 4.10. The molecule has 0 saturated heterocycles. The van der Waals surface area contributed by atoms with E-state index in [1.165, 1.54) is 0 Å². The number of rotatable bonds is 5. The Hall–Kier alpha value is -1.31. The highest BCUT2D eigenvalue weighted by molar-refractivity contribution is 6.28. The Morgan fingerprint density at radius 1 is 1.26 bits per heavy atom. The van der Waals surface area contributed by atoms with Crippen molar-refractivity contribution in [3.05, 3.63) is 5.28 Å². The molecule has 108 valence electrons. The quantitative estimate of drug-likeness (QED) is 0.905. The van der Waals surface area contributed by atoms with Crippen molar-refractivity contribution in [2.75, 3.05) is 23.3 Å². The molecule has 1 heterocycles. The maximum absolute atomic E-state index is 12.5. The molecule has 0 radical (unpaired) electrons. The maximum Gasteiger partial charge on any atom is 0.406 e. The van der Waals surface area contributed by atoms with Gasteiger partial charge in [-0.2, -0.15) is 28.1 Å². The molecule has 1 N–H and O–H groups in total. The van der Waals surface area contributed by atoms with E-state index in [9.17, 15) is 13.2 Å². The summed E-state index contributed by atoms with van der Waals surface area (Å²) in [5.41, 5.74) is 0. The number of hydrogen-bond acceptors (Lipinski definition) is 5. The molecular formula is C10H15ClF3N5. The zero-order valence-corrected chi connectivity index (χ0v) is 11.5. The lowest BCUT2D eigenvalue weighted by atomic mass is 10.3. The van der Waals surface area contributed by atoms with Crippen LogP contribution in [0.3, 0.4) is 0 Å². The third kappa shape index (κ3) is 5.06. The molecule has 0 aromatic carbocycles. The van der Waals surface area contributed by atoms with Gasteiger partial charge < -0.3 is 10.2 Å². The van der Waals surface area contributed by atoms with Crippen molar-refractivity contribution in [3.63, 3.8) is 0 Å². The SMILES string of the molecule is CCNc1nc(Cl)nc(N(CC(F)(F)F)C(C)C)n1. The van der Waals surface area contributed by atoms with E-state index in [-0.39, 0.29) is 17.2 Å². The Morgan fingerprint density at radius 3 is 2.37 bits per heavy atom. The van der Waals surface area contributed by atoms with Crippen LogP contribution in [0.4, 0.5) is 25.1 Å². The molecular weight excluding hydrogens is 283 g/mol. The number of nitrogens with zero attached hydrogens (tertiary/aromatic N) is 4. The van der Waals surface area contributed by atoms with Crippen molar-refractivity contribution in [3.8, 4) is 0 Å². The van der Waals surface area contributed by atoms with Crippen LogP contribution >= 0.6 is 11.6 Å². The average molecular weight is 298 g/mol. The zero-order chi connectivity index (χ0) is 14.6. The van der Waals surface area contributed by atoms with Gasteiger partial charge in [-0.1, -0.05) is 0 Å². The lowest BCUT2D eigenvalue weighted by Gasteiger charge is -2.27. The number of aromatic nitrogens is 3. The van der Waals surface area contributed by atoms with Crippen LogP contribution < -0.4 is 10.2 Å². The molecule has 0 aliphatic rings. The van der Waals surface area contributed by atoms with Gasteiger partial charge in [0.2, 0.25) is 17.2 Å². The van der Waals surface area contributed by atoms with Crippen LogP contribution in [0.25, 0.3) is 0 Å². The van der Waals surface area contributed by atoms with E-state index >= 15 is 0 Å². The van der Waals surface area contributed by atoms with Gasteiger partial charge in [0, 0.05) is 12.6 Å². The predicted octanol–water partition coefficient (Wildman–Crippen LogP) is 2.73. The molecule has 0 spiro atoms. The van der Waals surface area contributed by atoms with E-state index in [0.717, 1.165) is 4.90 Å². The van der Waals surface area contributed by atoms with Gasteiger partial charge in [-0.25, -0.2) is 0 Å². The summed E-state index contributed by atoms with van der Waals surface area (Å²) >= 11 is 5.70. The minimum absolute atomic E-state index is 0.0942. The summed E-state index contributed by atoms with van der Waals surface area (Å²) in [5, 5.41) is 2.65. The van der Waals surface area contributed by atoms with Gasteiger partial charge in [-0.15, -0.1) is 0 Å². The molecule has 0 aliphatic heterocycles. The van der Waals surface area contributed by atoms with Crippen LogP contribution in [0, 0.1) is 0 Å². The number of halogens is 4.